The summed E-state index contributed by atoms with van der Waals surface area (Å²) >= 11 is 0. The van der Waals surface area contributed by atoms with Gasteiger partial charge in [-0.05, 0) is 31.2 Å². The number of pyridine rings is 1. The molecule has 5 nitrogen and oxygen atoms in total. The summed E-state index contributed by atoms with van der Waals surface area (Å²) in [6.07, 6.45) is -0.126. The summed E-state index contributed by atoms with van der Waals surface area (Å²) in [5.74, 6) is 1.66. The van der Waals surface area contributed by atoms with Gasteiger partial charge in [0.15, 0.2) is 17.6 Å². The Morgan fingerprint density at radius 2 is 2.05 bits per heavy atom. The number of rotatable bonds is 1. The van der Waals surface area contributed by atoms with E-state index in [-0.39, 0.29) is 6.10 Å². The van der Waals surface area contributed by atoms with Crippen molar-refractivity contribution in [2.75, 3.05) is 11.9 Å². The van der Waals surface area contributed by atoms with Gasteiger partial charge < -0.3 is 15.0 Å². The number of hydrogen-bond donors (Lipinski definition) is 2. The van der Waals surface area contributed by atoms with Crippen molar-refractivity contribution < 1.29 is 4.74 Å². The molecule has 5 heteroatoms. The molecule has 3 heterocycles. The summed E-state index contributed by atoms with van der Waals surface area (Å²) in [6, 6.07) is 11.9. The zero-order valence-electron chi connectivity index (χ0n) is 11.1. The van der Waals surface area contributed by atoms with Crippen LogP contribution in [-0.4, -0.2) is 21.5 Å². The van der Waals surface area contributed by atoms with Crippen LogP contribution in [0.1, 0.15) is 17.6 Å². The number of ether oxygens (including phenoxy) is 1. The summed E-state index contributed by atoms with van der Waals surface area (Å²) in [5, 5.41) is 3.36. The van der Waals surface area contributed by atoms with Crippen molar-refractivity contribution in [1.29, 1.82) is 0 Å². The number of hydrogen-bond acceptors (Lipinski definition) is 4. The fourth-order valence-electron chi connectivity index (χ4n) is 2.42. The average Bonchev–Trinajstić information content (AvgIpc) is 2.89. The molecule has 0 aliphatic carbocycles. The molecule has 3 aromatic rings. The van der Waals surface area contributed by atoms with Gasteiger partial charge in [-0.3, -0.25) is 0 Å². The maximum Gasteiger partial charge on any atom is 0.178 e. The minimum absolute atomic E-state index is 0.126. The van der Waals surface area contributed by atoms with E-state index in [1.54, 1.807) is 0 Å². The van der Waals surface area contributed by atoms with E-state index >= 15 is 0 Å². The van der Waals surface area contributed by atoms with Crippen molar-refractivity contribution in [3.63, 3.8) is 0 Å². The summed E-state index contributed by atoms with van der Waals surface area (Å²) in [5.41, 5.74) is 3.66. The summed E-state index contributed by atoms with van der Waals surface area (Å²) in [7, 11) is 0. The predicted molar refractivity (Wildman–Crippen MR) is 76.9 cm³/mol. The lowest BCUT2D eigenvalue weighted by molar-refractivity contribution is 0.202. The molecule has 0 bridgehead atoms. The highest BCUT2D eigenvalue weighted by Gasteiger charge is 2.23. The van der Waals surface area contributed by atoms with E-state index in [1.807, 2.05) is 43.3 Å². The molecule has 0 saturated carbocycles. The summed E-state index contributed by atoms with van der Waals surface area (Å²) in [4.78, 5) is 12.2. The number of H-pyrrole nitrogens is 1. The molecule has 2 N–H and O–H groups in total. The van der Waals surface area contributed by atoms with Crippen molar-refractivity contribution in [2.45, 2.75) is 13.0 Å². The van der Waals surface area contributed by atoms with Gasteiger partial charge in [-0.2, -0.15) is 0 Å². The van der Waals surface area contributed by atoms with Crippen LogP contribution in [0.3, 0.4) is 0 Å². The maximum atomic E-state index is 5.99. The van der Waals surface area contributed by atoms with Crippen LogP contribution >= 0.6 is 0 Å². The number of aryl methyl sites for hydroxylation is 1. The summed E-state index contributed by atoms with van der Waals surface area (Å²) in [6.45, 7) is 2.65. The minimum Gasteiger partial charge on any atom is -0.478 e. The molecule has 2 aromatic heterocycles. The summed E-state index contributed by atoms with van der Waals surface area (Å²) < 4.78 is 5.99. The van der Waals surface area contributed by atoms with Gasteiger partial charge in [0.25, 0.3) is 0 Å². The van der Waals surface area contributed by atoms with Crippen LogP contribution in [0, 0.1) is 6.92 Å². The molecule has 1 aliphatic heterocycles. The SMILES string of the molecule is Cc1ccc2[nH]c(C3CNc4ccccc4O3)nc2n1. The second-order valence-corrected chi connectivity index (χ2v) is 4.93. The van der Waals surface area contributed by atoms with Crippen LogP contribution in [0.5, 0.6) is 5.75 Å². The minimum atomic E-state index is -0.126. The Balaban J connectivity index is 1.70. The normalized spacial score (nSPS) is 17.4. The lowest BCUT2D eigenvalue weighted by Crippen LogP contribution is -2.24. The Bertz CT molecular complexity index is 780. The maximum absolute atomic E-state index is 5.99. The quantitative estimate of drug-likeness (QED) is 0.711. The van der Waals surface area contributed by atoms with Gasteiger partial charge in [0.1, 0.15) is 5.75 Å². The van der Waals surface area contributed by atoms with Gasteiger partial charge >= 0.3 is 0 Å². The van der Waals surface area contributed by atoms with Crippen molar-refractivity contribution >= 4 is 16.9 Å². The first-order valence-corrected chi connectivity index (χ1v) is 6.62. The fourth-order valence-corrected chi connectivity index (χ4v) is 2.42. The molecule has 100 valence electrons. The Labute approximate surface area is 116 Å². The molecular weight excluding hydrogens is 252 g/mol. The average molecular weight is 266 g/mol. The molecular formula is C15H14N4O. The Morgan fingerprint density at radius 1 is 1.15 bits per heavy atom. The monoisotopic (exact) mass is 266 g/mol. The third kappa shape index (κ3) is 1.79. The van der Waals surface area contributed by atoms with Gasteiger partial charge in [-0.25, -0.2) is 9.97 Å². The van der Waals surface area contributed by atoms with Crippen molar-refractivity contribution in [2.24, 2.45) is 0 Å². The van der Waals surface area contributed by atoms with E-state index in [2.05, 4.69) is 20.3 Å². The van der Waals surface area contributed by atoms with Crippen molar-refractivity contribution in [3.05, 3.63) is 47.9 Å². The van der Waals surface area contributed by atoms with Gasteiger partial charge in [0.2, 0.25) is 0 Å². The highest BCUT2D eigenvalue weighted by atomic mass is 16.5. The molecule has 20 heavy (non-hydrogen) atoms. The van der Waals surface area contributed by atoms with Crippen LogP contribution in [0.2, 0.25) is 0 Å². The number of nitrogens with one attached hydrogen (secondary N) is 2. The van der Waals surface area contributed by atoms with Gasteiger partial charge in [-0.15, -0.1) is 0 Å². The molecule has 1 aromatic carbocycles. The van der Waals surface area contributed by atoms with Crippen LogP contribution in [0.25, 0.3) is 11.2 Å². The van der Waals surface area contributed by atoms with Gasteiger partial charge in [0, 0.05) is 5.69 Å². The standard InChI is InChI=1S/C15H14N4O/c1-9-6-7-11-14(17-9)19-15(18-11)13-8-16-10-4-2-3-5-12(10)20-13/h2-7,13,16H,8H2,1H3,(H,17,18,19). The van der Waals surface area contributed by atoms with Crippen LogP contribution in [-0.2, 0) is 0 Å². The van der Waals surface area contributed by atoms with E-state index in [0.717, 1.165) is 34.1 Å². The highest BCUT2D eigenvalue weighted by Crippen LogP contribution is 2.33. The smallest absolute Gasteiger partial charge is 0.178 e. The molecule has 1 unspecified atom stereocenters. The third-order valence-corrected chi connectivity index (χ3v) is 3.44. The number of para-hydroxylation sites is 2. The Hall–Kier alpha value is -2.56. The molecule has 0 spiro atoms. The number of aromatic nitrogens is 3. The molecule has 1 atom stereocenters. The van der Waals surface area contributed by atoms with Crippen LogP contribution in [0.4, 0.5) is 5.69 Å². The molecule has 1 aliphatic rings. The Morgan fingerprint density at radius 3 is 3.00 bits per heavy atom. The molecule has 4 rings (SSSR count). The number of benzene rings is 1. The lowest BCUT2D eigenvalue weighted by atomic mass is 10.2. The van der Waals surface area contributed by atoms with E-state index in [9.17, 15) is 0 Å². The van der Waals surface area contributed by atoms with E-state index in [0.29, 0.717) is 6.54 Å². The second-order valence-electron chi connectivity index (χ2n) is 4.93. The lowest BCUT2D eigenvalue weighted by Gasteiger charge is -2.25. The van der Waals surface area contributed by atoms with E-state index in [1.165, 1.54) is 0 Å². The van der Waals surface area contributed by atoms with Crippen molar-refractivity contribution in [3.8, 4) is 5.75 Å². The number of imidazole rings is 1. The second kappa shape index (κ2) is 4.23. The molecule has 0 saturated heterocycles. The van der Waals surface area contributed by atoms with E-state index in [4.69, 9.17) is 4.74 Å². The molecule has 0 fully saturated rings. The Kier molecular flexibility index (Phi) is 2.39. The molecule has 0 amide bonds. The first-order valence-electron chi connectivity index (χ1n) is 6.62. The predicted octanol–water partition coefficient (Wildman–Crippen LogP) is 2.81. The van der Waals surface area contributed by atoms with Gasteiger partial charge in [-0.1, -0.05) is 12.1 Å². The van der Waals surface area contributed by atoms with Crippen LogP contribution in [0.15, 0.2) is 36.4 Å². The largest absolute Gasteiger partial charge is 0.478 e. The first-order chi connectivity index (χ1) is 9.79. The number of fused-ring (bicyclic) bond motifs is 2. The zero-order valence-corrected chi connectivity index (χ0v) is 11.1. The van der Waals surface area contributed by atoms with Crippen LogP contribution < -0.4 is 10.1 Å². The van der Waals surface area contributed by atoms with Crippen molar-refractivity contribution in [1.82, 2.24) is 15.0 Å². The highest BCUT2D eigenvalue weighted by molar-refractivity contribution is 5.70. The number of nitrogens with zero attached hydrogens (tertiary/aromatic N) is 2. The zero-order chi connectivity index (χ0) is 13.5. The van der Waals surface area contributed by atoms with E-state index < -0.39 is 0 Å². The first kappa shape index (κ1) is 11.3. The third-order valence-electron chi connectivity index (χ3n) is 3.44. The topological polar surface area (TPSA) is 62.8 Å². The number of anilines is 1. The molecule has 0 radical (unpaired) electrons. The number of aromatic amines is 1. The fraction of sp³-hybridized carbons (Fsp3) is 0.200. The van der Waals surface area contributed by atoms with Gasteiger partial charge in [0.05, 0.1) is 17.7 Å².